The molecule has 2 N–H and O–H groups in total. The highest BCUT2D eigenvalue weighted by molar-refractivity contribution is 7.92. The second-order valence-corrected chi connectivity index (χ2v) is 9.76. The molecule has 34 heavy (non-hydrogen) atoms. The van der Waals surface area contributed by atoms with E-state index >= 15 is 0 Å². The van der Waals surface area contributed by atoms with Crippen molar-refractivity contribution in [2.75, 3.05) is 41.2 Å². The first-order chi connectivity index (χ1) is 16.5. The summed E-state index contributed by atoms with van der Waals surface area (Å²) < 4.78 is 33.9. The summed E-state index contributed by atoms with van der Waals surface area (Å²) in [5.74, 6) is 2.21. The van der Waals surface area contributed by atoms with Gasteiger partial charge < -0.3 is 15.0 Å². The molecule has 9 heteroatoms. The van der Waals surface area contributed by atoms with Crippen molar-refractivity contribution < 1.29 is 13.2 Å². The first-order valence-electron chi connectivity index (χ1n) is 11.0. The van der Waals surface area contributed by atoms with Crippen molar-refractivity contribution in [3.05, 3.63) is 78.6 Å². The number of nitrogens with zero attached hydrogens (tertiary/aromatic N) is 3. The summed E-state index contributed by atoms with van der Waals surface area (Å²) in [6.07, 6.45) is 0. The van der Waals surface area contributed by atoms with Crippen LogP contribution in [0.25, 0.3) is 10.8 Å². The van der Waals surface area contributed by atoms with Gasteiger partial charge in [0, 0.05) is 30.5 Å². The maximum atomic E-state index is 12.9. The van der Waals surface area contributed by atoms with Crippen LogP contribution in [0.4, 0.5) is 23.0 Å². The first kappa shape index (κ1) is 22.1. The van der Waals surface area contributed by atoms with Gasteiger partial charge in [0.15, 0.2) is 0 Å². The zero-order valence-corrected chi connectivity index (χ0v) is 19.5. The second kappa shape index (κ2) is 9.28. The van der Waals surface area contributed by atoms with E-state index < -0.39 is 10.0 Å². The van der Waals surface area contributed by atoms with Gasteiger partial charge in [0.25, 0.3) is 10.0 Å². The Kier molecular flexibility index (Phi) is 6.04. The largest absolute Gasteiger partial charge is 0.378 e. The number of morpholine rings is 1. The summed E-state index contributed by atoms with van der Waals surface area (Å²) in [5.41, 5.74) is 1.27. The van der Waals surface area contributed by atoms with Crippen LogP contribution in [-0.2, 0) is 14.8 Å². The molecule has 0 amide bonds. The summed E-state index contributed by atoms with van der Waals surface area (Å²) in [7, 11) is -3.71. The van der Waals surface area contributed by atoms with Gasteiger partial charge in [-0.3, -0.25) is 4.72 Å². The van der Waals surface area contributed by atoms with Gasteiger partial charge in [0.05, 0.1) is 18.1 Å². The van der Waals surface area contributed by atoms with Gasteiger partial charge in [-0.05, 0) is 54.1 Å². The molecule has 0 radical (unpaired) electrons. The molecule has 3 aromatic carbocycles. The van der Waals surface area contributed by atoms with Gasteiger partial charge in [0.1, 0.15) is 17.5 Å². The van der Waals surface area contributed by atoms with Crippen LogP contribution in [0.15, 0.2) is 77.7 Å². The van der Waals surface area contributed by atoms with E-state index in [-0.39, 0.29) is 4.90 Å². The van der Waals surface area contributed by atoms with Crippen molar-refractivity contribution in [3.8, 4) is 0 Å². The maximum Gasteiger partial charge on any atom is 0.261 e. The summed E-state index contributed by atoms with van der Waals surface area (Å²) in [5, 5.41) is 5.15. The Morgan fingerprint density at radius 1 is 0.853 bits per heavy atom. The molecule has 0 atom stereocenters. The number of aryl methyl sites for hydroxylation is 1. The fourth-order valence-corrected chi connectivity index (χ4v) is 4.98. The van der Waals surface area contributed by atoms with E-state index in [1.807, 2.05) is 55.5 Å². The molecule has 1 saturated heterocycles. The fraction of sp³-hybridized carbons (Fsp3) is 0.200. The number of anilines is 4. The van der Waals surface area contributed by atoms with Crippen LogP contribution < -0.4 is 14.9 Å². The Hall–Kier alpha value is -3.69. The lowest BCUT2D eigenvalue weighted by molar-refractivity contribution is 0.122. The van der Waals surface area contributed by atoms with Crippen LogP contribution in [0.2, 0.25) is 0 Å². The van der Waals surface area contributed by atoms with Crippen LogP contribution in [0.5, 0.6) is 0 Å². The summed E-state index contributed by atoms with van der Waals surface area (Å²) in [6, 6.07) is 21.7. The number of hydrogen-bond donors (Lipinski definition) is 2. The van der Waals surface area contributed by atoms with Crippen LogP contribution >= 0.6 is 0 Å². The zero-order chi connectivity index (χ0) is 23.5. The first-order valence-corrected chi connectivity index (χ1v) is 12.5. The molecule has 1 aliphatic rings. The minimum absolute atomic E-state index is 0.223. The van der Waals surface area contributed by atoms with E-state index in [1.165, 1.54) is 0 Å². The third-order valence-electron chi connectivity index (χ3n) is 5.60. The van der Waals surface area contributed by atoms with Crippen molar-refractivity contribution in [2.45, 2.75) is 11.8 Å². The van der Waals surface area contributed by atoms with Crippen LogP contribution in [0.1, 0.15) is 5.82 Å². The summed E-state index contributed by atoms with van der Waals surface area (Å²) >= 11 is 0. The Labute approximate surface area is 198 Å². The average Bonchev–Trinajstić information content (AvgIpc) is 2.85. The van der Waals surface area contributed by atoms with Crippen LogP contribution in [0.3, 0.4) is 0 Å². The highest BCUT2D eigenvalue weighted by Crippen LogP contribution is 2.24. The third kappa shape index (κ3) is 4.95. The van der Waals surface area contributed by atoms with Crippen molar-refractivity contribution in [2.24, 2.45) is 0 Å². The Morgan fingerprint density at radius 3 is 2.32 bits per heavy atom. The number of aromatic nitrogens is 2. The van der Waals surface area contributed by atoms with E-state index in [4.69, 9.17) is 4.74 Å². The summed E-state index contributed by atoms with van der Waals surface area (Å²) in [6.45, 7) is 4.81. The summed E-state index contributed by atoms with van der Waals surface area (Å²) in [4.78, 5) is 11.4. The molecule has 0 saturated carbocycles. The van der Waals surface area contributed by atoms with Crippen molar-refractivity contribution in [1.29, 1.82) is 0 Å². The van der Waals surface area contributed by atoms with Crippen LogP contribution in [0, 0.1) is 6.92 Å². The highest BCUT2D eigenvalue weighted by Gasteiger charge is 2.16. The predicted molar refractivity (Wildman–Crippen MR) is 134 cm³/mol. The molecule has 0 aliphatic carbocycles. The molecule has 8 nitrogen and oxygen atoms in total. The lowest BCUT2D eigenvalue weighted by atomic mass is 10.1. The van der Waals surface area contributed by atoms with E-state index in [0.717, 1.165) is 35.4 Å². The average molecular weight is 476 g/mol. The molecule has 1 aliphatic heterocycles. The number of rotatable bonds is 6. The zero-order valence-electron chi connectivity index (χ0n) is 18.7. The smallest absolute Gasteiger partial charge is 0.261 e. The second-order valence-electron chi connectivity index (χ2n) is 8.07. The van der Waals surface area contributed by atoms with Gasteiger partial charge in [-0.25, -0.2) is 18.4 Å². The van der Waals surface area contributed by atoms with Crippen molar-refractivity contribution in [1.82, 2.24) is 9.97 Å². The molecule has 174 valence electrons. The maximum absolute atomic E-state index is 12.9. The SMILES string of the molecule is Cc1nc(Nc2ccc(NS(=O)(=O)c3ccc4ccccc4c3)cc2)cc(N2CCOCC2)n1. The van der Waals surface area contributed by atoms with E-state index in [9.17, 15) is 8.42 Å². The number of benzene rings is 3. The number of nitrogens with one attached hydrogen (secondary N) is 2. The molecular formula is C25H25N5O3S. The van der Waals surface area contributed by atoms with Crippen molar-refractivity contribution >= 4 is 43.8 Å². The highest BCUT2D eigenvalue weighted by atomic mass is 32.2. The molecule has 0 spiro atoms. The topological polar surface area (TPSA) is 96.5 Å². The Morgan fingerprint density at radius 2 is 1.56 bits per heavy atom. The molecule has 1 fully saturated rings. The lowest BCUT2D eigenvalue weighted by Crippen LogP contribution is -2.36. The quantitative estimate of drug-likeness (QED) is 0.429. The standard InChI is InChI=1S/C25H25N5O3S/c1-18-26-24(17-25(27-18)30-12-14-33-15-13-30)28-21-7-9-22(10-8-21)29-34(31,32)23-11-6-19-4-2-3-5-20(19)16-23/h2-11,16-17,29H,12-15H2,1H3,(H,26,27,28). The molecule has 0 bridgehead atoms. The number of sulfonamides is 1. The number of fused-ring (bicyclic) bond motifs is 1. The molecule has 4 aromatic rings. The molecular weight excluding hydrogens is 450 g/mol. The van der Waals surface area contributed by atoms with Gasteiger partial charge in [-0.15, -0.1) is 0 Å². The minimum atomic E-state index is -3.71. The number of hydrogen-bond acceptors (Lipinski definition) is 7. The van der Waals surface area contributed by atoms with Gasteiger partial charge in [-0.2, -0.15) is 0 Å². The van der Waals surface area contributed by atoms with E-state index in [1.54, 1.807) is 24.3 Å². The normalized spacial score (nSPS) is 14.2. The molecule has 5 rings (SSSR count). The van der Waals surface area contributed by atoms with Crippen LogP contribution in [-0.4, -0.2) is 44.7 Å². The van der Waals surface area contributed by atoms with Gasteiger partial charge >= 0.3 is 0 Å². The minimum Gasteiger partial charge on any atom is -0.378 e. The molecule has 1 aromatic heterocycles. The number of ether oxygens (including phenoxy) is 1. The molecule has 2 heterocycles. The third-order valence-corrected chi connectivity index (χ3v) is 6.98. The Bertz CT molecular complexity index is 1420. The van der Waals surface area contributed by atoms with E-state index in [2.05, 4.69) is 24.9 Å². The van der Waals surface area contributed by atoms with Gasteiger partial charge in [0.2, 0.25) is 0 Å². The van der Waals surface area contributed by atoms with E-state index in [0.29, 0.717) is 30.5 Å². The lowest BCUT2D eigenvalue weighted by Gasteiger charge is -2.28. The molecule has 0 unspecified atom stereocenters. The predicted octanol–water partition coefficient (Wildman–Crippen LogP) is 4.32. The fourth-order valence-electron chi connectivity index (χ4n) is 3.89. The van der Waals surface area contributed by atoms with Crippen molar-refractivity contribution in [3.63, 3.8) is 0 Å². The van der Waals surface area contributed by atoms with Gasteiger partial charge in [-0.1, -0.05) is 30.3 Å². The Balaban J connectivity index is 1.30. The monoisotopic (exact) mass is 475 g/mol.